The van der Waals surface area contributed by atoms with Gasteiger partial charge in [-0.25, -0.2) is 13.2 Å². The van der Waals surface area contributed by atoms with Gasteiger partial charge in [0.05, 0.1) is 0 Å². The highest BCUT2D eigenvalue weighted by Crippen LogP contribution is 2.31. The lowest BCUT2D eigenvalue weighted by molar-refractivity contribution is -0.150. The van der Waals surface area contributed by atoms with Crippen molar-refractivity contribution in [1.82, 2.24) is 10.1 Å². The number of carboxylic acids is 1. The SMILES string of the molecule is CS(=O)(=O)Cc1noc(C2CCC(C(=O)O)O2)n1. The molecule has 1 aliphatic heterocycles. The molecule has 0 aliphatic carbocycles. The van der Waals surface area contributed by atoms with Crippen molar-refractivity contribution in [1.29, 1.82) is 0 Å². The van der Waals surface area contributed by atoms with Crippen LogP contribution in [-0.4, -0.2) is 42.0 Å². The molecule has 1 aromatic heterocycles. The van der Waals surface area contributed by atoms with Crippen molar-refractivity contribution in [3.05, 3.63) is 11.7 Å². The lowest BCUT2D eigenvalue weighted by Gasteiger charge is -2.05. The first-order chi connectivity index (χ1) is 8.35. The standard InChI is InChI=1S/C9H12N2O6S/c1-18(14,15)4-7-10-8(17-11-7)5-2-3-6(16-5)9(12)13/h5-6H,2-4H2,1H3,(H,12,13). The number of sulfone groups is 1. The molecule has 9 heteroatoms. The van der Waals surface area contributed by atoms with E-state index in [-0.39, 0.29) is 17.5 Å². The molecular formula is C9H12N2O6S. The van der Waals surface area contributed by atoms with E-state index in [0.29, 0.717) is 12.8 Å². The van der Waals surface area contributed by atoms with Crippen molar-refractivity contribution >= 4 is 15.8 Å². The zero-order chi connectivity index (χ0) is 13.3. The highest BCUT2D eigenvalue weighted by molar-refractivity contribution is 7.89. The molecule has 1 saturated heterocycles. The number of ether oxygens (including phenoxy) is 1. The van der Waals surface area contributed by atoms with Gasteiger partial charge in [0.2, 0.25) is 0 Å². The Hall–Kier alpha value is -1.48. The normalized spacial score (nSPS) is 24.3. The van der Waals surface area contributed by atoms with Crippen LogP contribution >= 0.6 is 0 Å². The molecule has 0 amide bonds. The summed E-state index contributed by atoms with van der Waals surface area (Å²) in [4.78, 5) is 14.6. The van der Waals surface area contributed by atoms with Gasteiger partial charge >= 0.3 is 5.97 Å². The second-order valence-electron chi connectivity index (χ2n) is 4.15. The molecule has 8 nitrogen and oxygen atoms in total. The summed E-state index contributed by atoms with van der Waals surface area (Å²) in [5, 5.41) is 12.3. The summed E-state index contributed by atoms with van der Waals surface area (Å²) >= 11 is 0. The fourth-order valence-corrected chi connectivity index (χ4v) is 2.28. The van der Waals surface area contributed by atoms with E-state index in [4.69, 9.17) is 14.4 Å². The van der Waals surface area contributed by atoms with E-state index in [2.05, 4.69) is 10.1 Å². The van der Waals surface area contributed by atoms with Crippen LogP contribution in [0.5, 0.6) is 0 Å². The maximum Gasteiger partial charge on any atom is 0.332 e. The summed E-state index contributed by atoms with van der Waals surface area (Å²) in [6.45, 7) is 0. The Balaban J connectivity index is 2.05. The average Bonchev–Trinajstić information content (AvgIpc) is 2.81. The maximum atomic E-state index is 11.0. The van der Waals surface area contributed by atoms with Crippen LogP contribution in [0.25, 0.3) is 0 Å². The molecule has 100 valence electrons. The first-order valence-corrected chi connectivity index (χ1v) is 7.29. The number of aliphatic carboxylic acids is 1. The van der Waals surface area contributed by atoms with Crippen molar-refractivity contribution in [3.8, 4) is 0 Å². The van der Waals surface area contributed by atoms with Gasteiger partial charge in [0.25, 0.3) is 5.89 Å². The van der Waals surface area contributed by atoms with Crippen molar-refractivity contribution in [2.45, 2.75) is 30.8 Å². The Kier molecular flexibility index (Phi) is 3.35. The fraction of sp³-hybridized carbons (Fsp3) is 0.667. The third kappa shape index (κ3) is 3.05. The summed E-state index contributed by atoms with van der Waals surface area (Å²) in [5.74, 6) is -1.17. The first-order valence-electron chi connectivity index (χ1n) is 5.23. The minimum Gasteiger partial charge on any atom is -0.479 e. The summed E-state index contributed by atoms with van der Waals surface area (Å²) in [6, 6.07) is 0. The van der Waals surface area contributed by atoms with Crippen LogP contribution in [0.4, 0.5) is 0 Å². The predicted molar refractivity (Wildman–Crippen MR) is 57.3 cm³/mol. The minimum absolute atomic E-state index is 0.0508. The van der Waals surface area contributed by atoms with Crippen LogP contribution in [0.1, 0.15) is 30.7 Å². The molecule has 0 radical (unpaired) electrons. The third-order valence-electron chi connectivity index (χ3n) is 2.45. The molecule has 1 aliphatic rings. The summed E-state index contributed by atoms with van der Waals surface area (Å²) in [6.07, 6.45) is 0.434. The fourth-order valence-electron chi connectivity index (χ4n) is 1.69. The molecule has 1 aromatic rings. The van der Waals surface area contributed by atoms with Crippen LogP contribution in [0.3, 0.4) is 0 Å². The van der Waals surface area contributed by atoms with E-state index in [1.165, 1.54) is 0 Å². The van der Waals surface area contributed by atoms with Gasteiger partial charge in [0, 0.05) is 6.26 Å². The zero-order valence-electron chi connectivity index (χ0n) is 9.57. The second kappa shape index (κ2) is 4.65. The van der Waals surface area contributed by atoms with Crippen LogP contribution in [0.15, 0.2) is 4.52 Å². The zero-order valence-corrected chi connectivity index (χ0v) is 10.4. The molecule has 2 unspecified atom stereocenters. The number of aromatic nitrogens is 2. The van der Waals surface area contributed by atoms with E-state index in [9.17, 15) is 13.2 Å². The Morgan fingerprint density at radius 2 is 2.22 bits per heavy atom. The summed E-state index contributed by atoms with van der Waals surface area (Å²) in [7, 11) is -3.23. The van der Waals surface area contributed by atoms with Gasteiger partial charge in [-0.3, -0.25) is 0 Å². The van der Waals surface area contributed by atoms with Gasteiger partial charge < -0.3 is 14.4 Å². The van der Waals surface area contributed by atoms with E-state index < -0.39 is 28.0 Å². The molecule has 2 atom stereocenters. The van der Waals surface area contributed by atoms with E-state index in [1.54, 1.807) is 0 Å². The number of carbonyl (C=O) groups is 1. The molecule has 0 spiro atoms. The van der Waals surface area contributed by atoms with Gasteiger partial charge in [0.15, 0.2) is 21.8 Å². The number of hydrogen-bond acceptors (Lipinski definition) is 7. The molecule has 0 bridgehead atoms. The molecule has 2 heterocycles. The predicted octanol–water partition coefficient (Wildman–Crippen LogP) is -0.0811. The Morgan fingerprint density at radius 1 is 1.50 bits per heavy atom. The molecule has 18 heavy (non-hydrogen) atoms. The molecule has 2 rings (SSSR count). The van der Waals surface area contributed by atoms with Gasteiger partial charge in [-0.2, -0.15) is 4.98 Å². The topological polar surface area (TPSA) is 120 Å². The van der Waals surface area contributed by atoms with E-state index in [1.807, 2.05) is 0 Å². The van der Waals surface area contributed by atoms with E-state index in [0.717, 1.165) is 6.26 Å². The van der Waals surface area contributed by atoms with Crippen molar-refractivity contribution in [2.75, 3.05) is 6.26 Å². The summed E-state index contributed by atoms with van der Waals surface area (Å²) < 4.78 is 32.2. The van der Waals surface area contributed by atoms with Crippen LogP contribution in [0.2, 0.25) is 0 Å². The van der Waals surface area contributed by atoms with Gasteiger partial charge in [-0.15, -0.1) is 0 Å². The molecule has 1 fully saturated rings. The quantitative estimate of drug-likeness (QED) is 0.810. The highest BCUT2D eigenvalue weighted by Gasteiger charge is 2.34. The van der Waals surface area contributed by atoms with Gasteiger partial charge in [0.1, 0.15) is 11.9 Å². The van der Waals surface area contributed by atoms with Crippen molar-refractivity contribution < 1.29 is 27.6 Å². The third-order valence-corrected chi connectivity index (χ3v) is 3.23. The number of rotatable bonds is 4. The molecule has 1 N–H and O–H groups in total. The van der Waals surface area contributed by atoms with Gasteiger partial charge in [-0.05, 0) is 12.8 Å². The lowest BCUT2D eigenvalue weighted by atomic mass is 10.2. The van der Waals surface area contributed by atoms with Crippen molar-refractivity contribution in [2.24, 2.45) is 0 Å². The lowest BCUT2D eigenvalue weighted by Crippen LogP contribution is -2.18. The van der Waals surface area contributed by atoms with Crippen LogP contribution in [-0.2, 0) is 25.1 Å². The number of hydrogen-bond donors (Lipinski definition) is 1. The first kappa shape index (κ1) is 13.0. The average molecular weight is 276 g/mol. The number of nitrogens with zero attached hydrogens (tertiary/aromatic N) is 2. The monoisotopic (exact) mass is 276 g/mol. The Morgan fingerprint density at radius 3 is 2.78 bits per heavy atom. The van der Waals surface area contributed by atoms with Crippen molar-refractivity contribution in [3.63, 3.8) is 0 Å². The minimum atomic E-state index is -3.23. The number of carboxylic acid groups (broad SMARTS) is 1. The summed E-state index contributed by atoms with van der Waals surface area (Å²) in [5.41, 5.74) is 0. The Bertz CT molecular complexity index is 551. The van der Waals surface area contributed by atoms with Gasteiger partial charge in [-0.1, -0.05) is 5.16 Å². The molecule has 0 aromatic carbocycles. The largest absolute Gasteiger partial charge is 0.479 e. The smallest absolute Gasteiger partial charge is 0.332 e. The molecule has 0 saturated carbocycles. The Labute approximate surface area is 103 Å². The maximum absolute atomic E-state index is 11.0. The molecular weight excluding hydrogens is 264 g/mol. The highest BCUT2D eigenvalue weighted by atomic mass is 32.2. The van der Waals surface area contributed by atoms with Crippen LogP contribution in [0, 0.1) is 0 Å². The van der Waals surface area contributed by atoms with E-state index >= 15 is 0 Å². The van der Waals surface area contributed by atoms with Crippen LogP contribution < -0.4 is 0 Å². The second-order valence-corrected chi connectivity index (χ2v) is 6.29.